The van der Waals surface area contributed by atoms with Gasteiger partial charge in [-0.1, -0.05) is 18.2 Å². The van der Waals surface area contributed by atoms with E-state index in [0.29, 0.717) is 5.56 Å². The van der Waals surface area contributed by atoms with E-state index in [-0.39, 0.29) is 13.2 Å². The summed E-state index contributed by atoms with van der Waals surface area (Å²) in [5, 5.41) is 12.6. The lowest BCUT2D eigenvalue weighted by Gasteiger charge is -2.00. The van der Waals surface area contributed by atoms with Crippen LogP contribution in [0.4, 0.5) is 0 Å². The van der Waals surface area contributed by atoms with Crippen LogP contribution in [0, 0.1) is 0 Å². The Kier molecular flexibility index (Phi) is 3.52. The number of nitrogens with zero attached hydrogens (tertiary/aromatic N) is 2. The van der Waals surface area contributed by atoms with Crippen LogP contribution in [0.25, 0.3) is 5.69 Å². The van der Waals surface area contributed by atoms with Crippen molar-refractivity contribution in [3.63, 3.8) is 0 Å². The largest absolute Gasteiger partial charge is 0.460 e. The van der Waals surface area contributed by atoms with Crippen LogP contribution >= 0.6 is 0 Å². The van der Waals surface area contributed by atoms with Crippen LogP contribution in [0.2, 0.25) is 0 Å². The molecule has 0 fully saturated rings. The second kappa shape index (κ2) is 5.27. The minimum atomic E-state index is -0.485. The molecule has 0 bridgehead atoms. The number of hydrogen-bond donors (Lipinski definition) is 1. The first kappa shape index (κ1) is 11.3. The molecule has 0 spiro atoms. The minimum Gasteiger partial charge on any atom is -0.460 e. The van der Waals surface area contributed by atoms with Gasteiger partial charge in [-0.2, -0.15) is 5.10 Å². The van der Waals surface area contributed by atoms with Crippen molar-refractivity contribution in [1.82, 2.24) is 9.78 Å². The summed E-state index contributed by atoms with van der Waals surface area (Å²) in [4.78, 5) is 11.5. The topological polar surface area (TPSA) is 64.3 Å². The molecule has 0 unspecified atom stereocenters. The lowest BCUT2D eigenvalue weighted by Crippen LogP contribution is -2.07. The van der Waals surface area contributed by atoms with E-state index in [2.05, 4.69) is 5.10 Å². The molecule has 0 saturated heterocycles. The Hall–Kier alpha value is -2.14. The molecule has 0 aliphatic rings. The van der Waals surface area contributed by atoms with Gasteiger partial charge >= 0.3 is 5.97 Å². The van der Waals surface area contributed by atoms with Crippen LogP contribution in [0.3, 0.4) is 0 Å². The maximum atomic E-state index is 11.5. The average Bonchev–Trinajstić information content (AvgIpc) is 2.86. The number of carbonyl (C=O) groups is 1. The molecular formula is C12H12N2O3. The van der Waals surface area contributed by atoms with Crippen molar-refractivity contribution in [2.45, 2.75) is 0 Å². The molecule has 1 heterocycles. The summed E-state index contributed by atoms with van der Waals surface area (Å²) >= 11 is 0. The van der Waals surface area contributed by atoms with Gasteiger partial charge in [0.1, 0.15) is 6.61 Å². The van der Waals surface area contributed by atoms with Gasteiger partial charge in [0.05, 0.1) is 24.1 Å². The van der Waals surface area contributed by atoms with Crippen LogP contribution in [0.1, 0.15) is 10.4 Å². The Morgan fingerprint density at radius 3 is 2.82 bits per heavy atom. The molecule has 0 radical (unpaired) electrons. The molecule has 2 rings (SSSR count). The Bertz CT molecular complexity index is 493. The highest BCUT2D eigenvalue weighted by Crippen LogP contribution is 2.08. The zero-order valence-corrected chi connectivity index (χ0v) is 9.11. The highest BCUT2D eigenvalue weighted by atomic mass is 16.5. The van der Waals surface area contributed by atoms with Gasteiger partial charge in [-0.05, 0) is 12.1 Å². The van der Waals surface area contributed by atoms with Crippen LogP contribution in [0.5, 0.6) is 0 Å². The second-order valence-corrected chi connectivity index (χ2v) is 3.37. The Labute approximate surface area is 98.3 Å². The number of para-hydroxylation sites is 1. The van der Waals surface area contributed by atoms with Gasteiger partial charge in [0.25, 0.3) is 0 Å². The first-order chi connectivity index (χ1) is 8.31. The van der Waals surface area contributed by atoms with E-state index in [4.69, 9.17) is 9.84 Å². The monoisotopic (exact) mass is 232 g/mol. The van der Waals surface area contributed by atoms with E-state index in [0.717, 1.165) is 5.69 Å². The molecule has 0 amide bonds. The number of aliphatic hydroxyl groups excluding tert-OH is 1. The van der Waals surface area contributed by atoms with Crippen molar-refractivity contribution in [3.8, 4) is 5.69 Å². The van der Waals surface area contributed by atoms with Gasteiger partial charge in [-0.25, -0.2) is 9.48 Å². The van der Waals surface area contributed by atoms with Crippen molar-refractivity contribution < 1.29 is 14.6 Å². The van der Waals surface area contributed by atoms with E-state index in [1.54, 1.807) is 10.9 Å². The summed E-state index contributed by atoms with van der Waals surface area (Å²) in [6.07, 6.45) is 3.03. The van der Waals surface area contributed by atoms with Crippen LogP contribution in [0.15, 0.2) is 42.7 Å². The average molecular weight is 232 g/mol. The molecular weight excluding hydrogens is 220 g/mol. The summed E-state index contributed by atoms with van der Waals surface area (Å²) in [6.45, 7) is -0.187. The normalized spacial score (nSPS) is 10.2. The van der Waals surface area contributed by atoms with E-state index < -0.39 is 5.97 Å². The fourth-order valence-corrected chi connectivity index (χ4v) is 1.37. The molecule has 17 heavy (non-hydrogen) atoms. The summed E-state index contributed by atoms with van der Waals surface area (Å²) in [5.41, 5.74) is 1.23. The van der Waals surface area contributed by atoms with Gasteiger partial charge in [0.15, 0.2) is 0 Å². The summed E-state index contributed by atoms with van der Waals surface area (Å²) in [5.74, 6) is -0.485. The Balaban J connectivity index is 2.14. The predicted octanol–water partition coefficient (Wildman–Crippen LogP) is 1.02. The molecule has 1 aromatic carbocycles. The Morgan fingerprint density at radius 1 is 1.35 bits per heavy atom. The molecule has 0 saturated carbocycles. The molecule has 1 aromatic heterocycles. The molecule has 5 heteroatoms. The second-order valence-electron chi connectivity index (χ2n) is 3.37. The van der Waals surface area contributed by atoms with Crippen molar-refractivity contribution in [3.05, 3.63) is 48.3 Å². The van der Waals surface area contributed by atoms with Gasteiger partial charge in [0.2, 0.25) is 0 Å². The number of esters is 1. The number of benzene rings is 1. The highest BCUT2D eigenvalue weighted by Gasteiger charge is 2.10. The maximum Gasteiger partial charge on any atom is 0.341 e. The summed E-state index contributed by atoms with van der Waals surface area (Å²) < 4.78 is 6.38. The van der Waals surface area contributed by atoms with E-state index in [9.17, 15) is 4.79 Å². The van der Waals surface area contributed by atoms with Gasteiger partial charge in [-0.3, -0.25) is 0 Å². The third-order valence-electron chi connectivity index (χ3n) is 2.16. The lowest BCUT2D eigenvalue weighted by atomic mass is 10.3. The number of hydrogen-bond acceptors (Lipinski definition) is 4. The number of rotatable bonds is 4. The number of carbonyl (C=O) groups excluding carboxylic acids is 1. The fraction of sp³-hybridized carbons (Fsp3) is 0.167. The molecule has 0 aliphatic carbocycles. The van der Waals surface area contributed by atoms with Crippen LogP contribution in [-0.2, 0) is 4.74 Å². The van der Waals surface area contributed by atoms with Gasteiger partial charge in [-0.15, -0.1) is 0 Å². The number of ether oxygens (including phenoxy) is 1. The van der Waals surface area contributed by atoms with E-state index in [1.807, 2.05) is 30.3 Å². The molecule has 1 N–H and O–H groups in total. The minimum absolute atomic E-state index is 0.00461. The molecule has 88 valence electrons. The smallest absolute Gasteiger partial charge is 0.341 e. The van der Waals surface area contributed by atoms with Gasteiger partial charge < -0.3 is 9.84 Å². The zero-order chi connectivity index (χ0) is 12.1. The third kappa shape index (κ3) is 2.70. The van der Waals surface area contributed by atoms with Gasteiger partial charge in [0, 0.05) is 6.20 Å². The standard InChI is InChI=1S/C12H12N2O3/c15-6-7-17-12(16)10-8-13-14(9-10)11-4-2-1-3-5-11/h1-5,8-9,15H,6-7H2. The first-order valence-corrected chi connectivity index (χ1v) is 5.19. The maximum absolute atomic E-state index is 11.5. The first-order valence-electron chi connectivity index (χ1n) is 5.19. The van der Waals surface area contributed by atoms with E-state index in [1.165, 1.54) is 6.20 Å². The molecule has 2 aromatic rings. The summed E-state index contributed by atoms with van der Waals surface area (Å²) in [6, 6.07) is 9.45. The van der Waals surface area contributed by atoms with Crippen molar-refractivity contribution >= 4 is 5.97 Å². The number of aromatic nitrogens is 2. The quantitative estimate of drug-likeness (QED) is 0.799. The van der Waals surface area contributed by atoms with Crippen LogP contribution < -0.4 is 0 Å². The predicted molar refractivity (Wildman–Crippen MR) is 60.9 cm³/mol. The molecule has 5 nitrogen and oxygen atoms in total. The zero-order valence-electron chi connectivity index (χ0n) is 9.11. The molecule has 0 atom stereocenters. The Morgan fingerprint density at radius 2 is 2.12 bits per heavy atom. The number of aliphatic hydroxyl groups is 1. The SMILES string of the molecule is O=C(OCCO)c1cnn(-c2ccccc2)c1. The summed E-state index contributed by atoms with van der Waals surface area (Å²) in [7, 11) is 0. The third-order valence-corrected chi connectivity index (χ3v) is 2.16. The molecule has 0 aliphatic heterocycles. The van der Waals surface area contributed by atoms with Crippen molar-refractivity contribution in [2.24, 2.45) is 0 Å². The van der Waals surface area contributed by atoms with Crippen molar-refractivity contribution in [2.75, 3.05) is 13.2 Å². The highest BCUT2D eigenvalue weighted by molar-refractivity contribution is 5.88. The fourth-order valence-electron chi connectivity index (χ4n) is 1.37. The van der Waals surface area contributed by atoms with Crippen molar-refractivity contribution in [1.29, 1.82) is 0 Å². The van der Waals surface area contributed by atoms with Crippen LogP contribution in [-0.4, -0.2) is 34.1 Å². The van der Waals surface area contributed by atoms with E-state index >= 15 is 0 Å². The lowest BCUT2D eigenvalue weighted by molar-refractivity contribution is 0.0434.